The number of halogens is 1. The number of aromatic nitrogens is 3. The summed E-state index contributed by atoms with van der Waals surface area (Å²) in [6.45, 7) is 9.78. The summed E-state index contributed by atoms with van der Waals surface area (Å²) in [5, 5.41) is 13.8. The van der Waals surface area contributed by atoms with E-state index in [1.807, 2.05) is 20.8 Å². The Morgan fingerprint density at radius 1 is 1.48 bits per heavy atom. The average molecular weight is 318 g/mol. The van der Waals surface area contributed by atoms with Gasteiger partial charge < -0.3 is 5.11 Å². The Kier molecular flexibility index (Phi) is 4.49. The van der Waals surface area contributed by atoms with E-state index >= 15 is 0 Å². The molecular weight excluding hydrogens is 299 g/mol. The number of carboxylic acid groups (broad SMARTS) is 1. The lowest BCUT2D eigenvalue weighted by Crippen LogP contribution is -2.37. The highest BCUT2D eigenvalue weighted by Crippen LogP contribution is 2.26. The molecule has 0 atom stereocenters. The fraction of sp³-hybridized carbons (Fsp3) is 0.312. The van der Waals surface area contributed by atoms with Crippen LogP contribution < -0.4 is 4.90 Å². The van der Waals surface area contributed by atoms with Crippen molar-refractivity contribution in [2.45, 2.75) is 20.8 Å². The fourth-order valence-corrected chi connectivity index (χ4v) is 2.12. The molecule has 0 aliphatic heterocycles. The summed E-state index contributed by atoms with van der Waals surface area (Å²) < 4.78 is 14.7. The lowest BCUT2D eigenvalue weighted by molar-refractivity contribution is 0.198. The number of nitrogens with zero attached hydrogens (tertiary/aromatic N) is 4. The number of pyridine rings is 1. The Labute approximate surface area is 133 Å². The first-order valence-electron chi connectivity index (χ1n) is 7.05. The van der Waals surface area contributed by atoms with Crippen LogP contribution in [0.15, 0.2) is 31.2 Å². The second-order valence-corrected chi connectivity index (χ2v) is 6.34. The van der Waals surface area contributed by atoms with Crippen molar-refractivity contribution >= 4 is 17.9 Å². The summed E-state index contributed by atoms with van der Waals surface area (Å²) in [4.78, 5) is 16.6. The van der Waals surface area contributed by atoms with Crippen LogP contribution in [0.25, 0.3) is 11.8 Å². The van der Waals surface area contributed by atoms with E-state index in [2.05, 4.69) is 16.7 Å². The molecule has 0 aliphatic rings. The van der Waals surface area contributed by atoms with Gasteiger partial charge in [-0.1, -0.05) is 27.4 Å². The normalized spacial score (nSPS) is 11.3. The van der Waals surface area contributed by atoms with E-state index < -0.39 is 11.9 Å². The number of hydrogen-bond acceptors (Lipinski definition) is 3. The third-order valence-corrected chi connectivity index (χ3v) is 3.02. The first-order valence-corrected chi connectivity index (χ1v) is 7.05. The Hall–Kier alpha value is -2.70. The van der Waals surface area contributed by atoms with Gasteiger partial charge in [0.15, 0.2) is 0 Å². The average Bonchev–Trinajstić information content (AvgIpc) is 2.87. The molecule has 0 saturated heterocycles. The summed E-state index contributed by atoms with van der Waals surface area (Å²) in [6.07, 6.45) is 4.46. The van der Waals surface area contributed by atoms with Crippen molar-refractivity contribution in [2.24, 2.45) is 5.41 Å². The van der Waals surface area contributed by atoms with Crippen LogP contribution in [0.2, 0.25) is 0 Å². The molecule has 2 rings (SSSR count). The molecule has 0 aromatic carbocycles. The van der Waals surface area contributed by atoms with Crippen molar-refractivity contribution < 1.29 is 14.3 Å². The van der Waals surface area contributed by atoms with Crippen LogP contribution in [0.5, 0.6) is 0 Å². The lowest BCUT2D eigenvalue weighted by Gasteiger charge is -2.27. The van der Waals surface area contributed by atoms with Crippen molar-refractivity contribution in [3.05, 3.63) is 42.7 Å². The smallest absolute Gasteiger partial charge is 0.411 e. The molecule has 2 aromatic heterocycles. The minimum atomic E-state index is -1.08. The summed E-state index contributed by atoms with van der Waals surface area (Å²) in [5.74, 6) is -0.496. The van der Waals surface area contributed by atoms with E-state index in [-0.39, 0.29) is 12.0 Å². The fourth-order valence-electron chi connectivity index (χ4n) is 2.12. The van der Waals surface area contributed by atoms with Crippen molar-refractivity contribution in [3.63, 3.8) is 0 Å². The second-order valence-electron chi connectivity index (χ2n) is 6.34. The van der Waals surface area contributed by atoms with Crippen LogP contribution in [0.1, 0.15) is 26.5 Å². The zero-order chi connectivity index (χ0) is 17.2. The van der Waals surface area contributed by atoms with Crippen LogP contribution in [0, 0.1) is 11.2 Å². The van der Waals surface area contributed by atoms with Gasteiger partial charge in [-0.3, -0.25) is 9.88 Å². The molecule has 0 unspecified atom stereocenters. The number of carbonyl (C=O) groups is 1. The van der Waals surface area contributed by atoms with Gasteiger partial charge in [0.1, 0.15) is 11.5 Å². The van der Waals surface area contributed by atoms with E-state index in [1.165, 1.54) is 34.1 Å². The predicted molar refractivity (Wildman–Crippen MR) is 86.2 cm³/mol. The molecule has 23 heavy (non-hydrogen) atoms. The van der Waals surface area contributed by atoms with Gasteiger partial charge in [0.25, 0.3) is 0 Å². The van der Waals surface area contributed by atoms with Crippen molar-refractivity contribution in [3.8, 4) is 5.69 Å². The Morgan fingerprint density at radius 2 is 2.17 bits per heavy atom. The zero-order valence-corrected chi connectivity index (χ0v) is 13.3. The van der Waals surface area contributed by atoms with Crippen LogP contribution in [-0.2, 0) is 0 Å². The van der Waals surface area contributed by atoms with Crippen molar-refractivity contribution in [1.82, 2.24) is 14.8 Å². The minimum Gasteiger partial charge on any atom is -0.465 e. The van der Waals surface area contributed by atoms with Gasteiger partial charge in [0.05, 0.1) is 30.0 Å². The summed E-state index contributed by atoms with van der Waals surface area (Å²) in [7, 11) is 0. The maximum Gasteiger partial charge on any atom is 0.411 e. The minimum absolute atomic E-state index is 0.237. The quantitative estimate of drug-likeness (QED) is 0.935. The van der Waals surface area contributed by atoms with Crippen LogP contribution in [0.3, 0.4) is 0 Å². The highest BCUT2D eigenvalue weighted by atomic mass is 19.1. The molecular formula is C16H19FN4O2. The van der Waals surface area contributed by atoms with Gasteiger partial charge in [0, 0.05) is 12.6 Å². The van der Waals surface area contributed by atoms with Gasteiger partial charge >= 0.3 is 6.09 Å². The first kappa shape index (κ1) is 16.7. The third kappa shape index (κ3) is 3.94. The zero-order valence-electron chi connectivity index (χ0n) is 13.3. The van der Waals surface area contributed by atoms with Gasteiger partial charge in [0.2, 0.25) is 0 Å². The van der Waals surface area contributed by atoms with E-state index in [4.69, 9.17) is 0 Å². The summed E-state index contributed by atoms with van der Waals surface area (Å²) >= 11 is 0. The van der Waals surface area contributed by atoms with Gasteiger partial charge in [-0.15, -0.1) is 0 Å². The van der Waals surface area contributed by atoms with Gasteiger partial charge in [-0.25, -0.2) is 13.9 Å². The molecule has 122 valence electrons. The predicted octanol–water partition coefficient (Wildman–Crippen LogP) is 3.58. The molecule has 0 radical (unpaired) electrons. The van der Waals surface area contributed by atoms with Gasteiger partial charge in [-0.2, -0.15) is 5.10 Å². The van der Waals surface area contributed by atoms with Crippen molar-refractivity contribution in [1.29, 1.82) is 0 Å². The van der Waals surface area contributed by atoms with Crippen molar-refractivity contribution in [2.75, 3.05) is 11.4 Å². The largest absolute Gasteiger partial charge is 0.465 e. The van der Waals surface area contributed by atoms with Gasteiger partial charge in [-0.05, 0) is 11.5 Å². The van der Waals surface area contributed by atoms with E-state index in [0.29, 0.717) is 17.1 Å². The molecule has 0 saturated carbocycles. The molecule has 0 spiro atoms. The maximum atomic E-state index is 13.3. The third-order valence-electron chi connectivity index (χ3n) is 3.02. The summed E-state index contributed by atoms with van der Waals surface area (Å²) in [5.41, 5.74) is 0.965. The lowest BCUT2D eigenvalue weighted by atomic mass is 9.96. The first-order chi connectivity index (χ1) is 10.7. The Bertz CT molecular complexity index is 734. The number of hydrogen-bond donors (Lipinski definition) is 1. The number of rotatable bonds is 4. The summed E-state index contributed by atoms with van der Waals surface area (Å²) in [6, 6.07) is 1.27. The van der Waals surface area contributed by atoms with Crippen LogP contribution in [0.4, 0.5) is 14.9 Å². The topological polar surface area (TPSA) is 71.2 Å². The Balaban J connectivity index is 2.49. The molecule has 1 amide bonds. The second kappa shape index (κ2) is 6.20. The SMILES string of the molecule is C=Cc1nn(-c2cncc(F)c2)cc1N(CC(C)(C)C)C(=O)O. The molecule has 6 nitrogen and oxygen atoms in total. The molecule has 2 heterocycles. The standard InChI is InChI=1S/C16H19FN4O2/c1-5-13-14(20(15(22)23)10-16(2,3)4)9-21(19-13)12-6-11(17)7-18-8-12/h5-9H,1,10H2,2-4H3,(H,22,23). The molecule has 7 heteroatoms. The number of amides is 1. The monoisotopic (exact) mass is 318 g/mol. The van der Waals surface area contributed by atoms with E-state index in [0.717, 1.165) is 6.20 Å². The maximum absolute atomic E-state index is 13.3. The van der Waals surface area contributed by atoms with E-state index in [1.54, 1.807) is 0 Å². The van der Waals surface area contributed by atoms with Crippen LogP contribution >= 0.6 is 0 Å². The van der Waals surface area contributed by atoms with E-state index in [9.17, 15) is 14.3 Å². The van der Waals surface area contributed by atoms with Crippen LogP contribution in [-0.4, -0.2) is 32.5 Å². The molecule has 1 N–H and O–H groups in total. The highest BCUT2D eigenvalue weighted by Gasteiger charge is 2.25. The molecule has 0 fully saturated rings. The molecule has 0 aliphatic carbocycles. The Morgan fingerprint density at radius 3 is 2.70 bits per heavy atom. The highest BCUT2D eigenvalue weighted by molar-refractivity contribution is 5.88. The molecule has 2 aromatic rings. The molecule has 0 bridgehead atoms. The number of anilines is 1.